The molecule has 0 bridgehead atoms. The lowest BCUT2D eigenvalue weighted by Gasteiger charge is -2.17. The van der Waals surface area contributed by atoms with Gasteiger partial charge >= 0.3 is 0 Å². The lowest BCUT2D eigenvalue weighted by molar-refractivity contribution is 0.0780. The number of nitrogens with two attached hydrogens (primary N) is 1. The van der Waals surface area contributed by atoms with Crippen molar-refractivity contribution in [3.63, 3.8) is 0 Å². The summed E-state index contributed by atoms with van der Waals surface area (Å²) in [4.78, 5) is 13.5. The second kappa shape index (κ2) is 5.18. The molecule has 5 heteroatoms. The summed E-state index contributed by atoms with van der Waals surface area (Å²) in [6.07, 6.45) is 0. The molecule has 3 nitrogen and oxygen atoms in total. The quantitative estimate of drug-likeness (QED) is 0.866. The van der Waals surface area contributed by atoms with Gasteiger partial charge < -0.3 is 10.6 Å². The van der Waals surface area contributed by atoms with Crippen LogP contribution >= 0.6 is 11.3 Å². The van der Waals surface area contributed by atoms with Crippen molar-refractivity contribution in [2.45, 2.75) is 6.54 Å². The van der Waals surface area contributed by atoms with E-state index >= 15 is 0 Å². The zero-order valence-corrected chi connectivity index (χ0v) is 10.7. The minimum absolute atomic E-state index is 0.0435. The molecule has 0 saturated heterocycles. The van der Waals surface area contributed by atoms with Crippen LogP contribution in [0.3, 0.4) is 0 Å². The smallest absolute Gasteiger partial charge is 0.256 e. The Balaban J connectivity index is 2.15. The molecule has 0 saturated carbocycles. The third kappa shape index (κ3) is 2.68. The van der Waals surface area contributed by atoms with Gasteiger partial charge in [0.1, 0.15) is 5.82 Å². The molecule has 0 atom stereocenters. The number of hydrogen-bond acceptors (Lipinski definition) is 3. The fourth-order valence-corrected chi connectivity index (χ4v) is 2.30. The molecule has 0 radical (unpaired) electrons. The lowest BCUT2D eigenvalue weighted by atomic mass is 10.1. The number of benzene rings is 1. The Morgan fingerprint density at radius 3 is 2.83 bits per heavy atom. The zero-order chi connectivity index (χ0) is 13.1. The van der Waals surface area contributed by atoms with Gasteiger partial charge in [-0.2, -0.15) is 11.3 Å². The fourth-order valence-electron chi connectivity index (χ4n) is 1.64. The number of rotatable bonds is 3. The largest absolute Gasteiger partial charge is 0.399 e. The van der Waals surface area contributed by atoms with E-state index in [4.69, 9.17) is 5.73 Å². The number of hydrogen-bond donors (Lipinski definition) is 1. The second-order valence-corrected chi connectivity index (χ2v) is 4.81. The van der Waals surface area contributed by atoms with Gasteiger partial charge in [-0.25, -0.2) is 4.39 Å². The van der Waals surface area contributed by atoms with Crippen molar-refractivity contribution >= 4 is 22.9 Å². The molecule has 1 aromatic carbocycles. The second-order valence-electron chi connectivity index (χ2n) is 4.03. The number of thiophene rings is 1. The first-order valence-electron chi connectivity index (χ1n) is 5.39. The summed E-state index contributed by atoms with van der Waals surface area (Å²) in [5.41, 5.74) is 6.84. The number of amides is 1. The average molecular weight is 264 g/mol. The van der Waals surface area contributed by atoms with Crippen molar-refractivity contribution in [3.8, 4) is 0 Å². The summed E-state index contributed by atoms with van der Waals surface area (Å²) >= 11 is 1.57. The summed E-state index contributed by atoms with van der Waals surface area (Å²) < 4.78 is 13.6. The Kier molecular flexibility index (Phi) is 3.62. The maximum absolute atomic E-state index is 13.6. The summed E-state index contributed by atoms with van der Waals surface area (Å²) in [5, 5.41) is 3.90. The monoisotopic (exact) mass is 264 g/mol. The van der Waals surface area contributed by atoms with Crippen LogP contribution in [0.5, 0.6) is 0 Å². The third-order valence-corrected chi connectivity index (χ3v) is 3.30. The molecule has 18 heavy (non-hydrogen) atoms. The topological polar surface area (TPSA) is 46.3 Å². The van der Waals surface area contributed by atoms with Crippen LogP contribution in [0, 0.1) is 5.82 Å². The van der Waals surface area contributed by atoms with E-state index in [-0.39, 0.29) is 11.5 Å². The van der Waals surface area contributed by atoms with E-state index in [1.807, 2.05) is 16.8 Å². The molecular weight excluding hydrogens is 251 g/mol. The lowest BCUT2D eigenvalue weighted by Crippen LogP contribution is -2.26. The van der Waals surface area contributed by atoms with Crippen LogP contribution in [0.1, 0.15) is 15.9 Å². The van der Waals surface area contributed by atoms with E-state index in [1.165, 1.54) is 17.0 Å². The highest BCUT2D eigenvalue weighted by Gasteiger charge is 2.16. The highest BCUT2D eigenvalue weighted by Crippen LogP contribution is 2.15. The number of nitrogen functional groups attached to an aromatic ring is 1. The molecular formula is C13H13FN2OS. The van der Waals surface area contributed by atoms with E-state index in [1.54, 1.807) is 18.4 Å². The first-order chi connectivity index (χ1) is 8.58. The highest BCUT2D eigenvalue weighted by molar-refractivity contribution is 7.07. The molecule has 1 amide bonds. The Bertz CT molecular complexity index is 554. The minimum Gasteiger partial charge on any atom is -0.399 e. The van der Waals surface area contributed by atoms with Crippen LogP contribution in [0.4, 0.5) is 10.1 Å². The maximum atomic E-state index is 13.6. The van der Waals surface area contributed by atoms with Crippen LogP contribution in [-0.2, 0) is 6.54 Å². The molecule has 0 aliphatic carbocycles. The van der Waals surface area contributed by atoms with Crippen molar-refractivity contribution in [1.29, 1.82) is 0 Å². The molecule has 94 valence electrons. The van der Waals surface area contributed by atoms with E-state index in [0.29, 0.717) is 12.2 Å². The van der Waals surface area contributed by atoms with Crippen molar-refractivity contribution in [1.82, 2.24) is 4.90 Å². The Morgan fingerprint density at radius 2 is 2.22 bits per heavy atom. The summed E-state index contributed by atoms with van der Waals surface area (Å²) in [5.74, 6) is -0.934. The summed E-state index contributed by atoms with van der Waals surface area (Å²) in [6, 6.07) is 6.03. The van der Waals surface area contributed by atoms with Gasteiger partial charge in [-0.05, 0) is 40.6 Å². The van der Waals surface area contributed by atoms with Gasteiger partial charge in [-0.1, -0.05) is 0 Å². The highest BCUT2D eigenvalue weighted by atomic mass is 32.1. The maximum Gasteiger partial charge on any atom is 0.256 e. The van der Waals surface area contributed by atoms with Crippen LogP contribution in [0.15, 0.2) is 35.0 Å². The minimum atomic E-state index is -0.586. The van der Waals surface area contributed by atoms with Crippen LogP contribution in [0.25, 0.3) is 0 Å². The van der Waals surface area contributed by atoms with Gasteiger partial charge in [-0.15, -0.1) is 0 Å². The molecule has 0 spiro atoms. The van der Waals surface area contributed by atoms with Gasteiger partial charge in [0.2, 0.25) is 0 Å². The number of carbonyl (C=O) groups excluding carboxylic acids is 1. The van der Waals surface area contributed by atoms with Gasteiger partial charge in [-0.3, -0.25) is 4.79 Å². The third-order valence-electron chi connectivity index (χ3n) is 2.57. The molecule has 0 fully saturated rings. The number of anilines is 1. The van der Waals surface area contributed by atoms with Gasteiger partial charge in [0, 0.05) is 19.3 Å². The molecule has 0 aliphatic heterocycles. The fraction of sp³-hybridized carbons (Fsp3) is 0.154. The van der Waals surface area contributed by atoms with Gasteiger partial charge in [0.25, 0.3) is 5.91 Å². The Labute approximate surface area is 109 Å². The number of carbonyl (C=O) groups is 1. The first-order valence-corrected chi connectivity index (χ1v) is 6.34. The molecule has 0 unspecified atom stereocenters. The Morgan fingerprint density at radius 1 is 1.44 bits per heavy atom. The molecule has 2 aromatic rings. The van der Waals surface area contributed by atoms with E-state index < -0.39 is 5.82 Å². The van der Waals surface area contributed by atoms with E-state index in [9.17, 15) is 9.18 Å². The average Bonchev–Trinajstić information content (AvgIpc) is 2.81. The van der Waals surface area contributed by atoms with Crippen molar-refractivity contribution < 1.29 is 9.18 Å². The number of nitrogens with zero attached hydrogens (tertiary/aromatic N) is 1. The number of halogens is 1. The SMILES string of the molecule is CN(Cc1ccsc1)C(=O)c1ccc(N)cc1F. The van der Waals surface area contributed by atoms with Crippen LogP contribution in [-0.4, -0.2) is 17.9 Å². The van der Waals surface area contributed by atoms with Gasteiger partial charge in [0.05, 0.1) is 5.56 Å². The van der Waals surface area contributed by atoms with Gasteiger partial charge in [0.15, 0.2) is 0 Å². The Hall–Kier alpha value is -1.88. The van der Waals surface area contributed by atoms with Crippen molar-refractivity contribution in [2.24, 2.45) is 0 Å². The normalized spacial score (nSPS) is 10.3. The zero-order valence-electron chi connectivity index (χ0n) is 9.89. The predicted molar refractivity (Wildman–Crippen MR) is 70.9 cm³/mol. The van der Waals surface area contributed by atoms with Crippen molar-refractivity contribution in [3.05, 3.63) is 52.0 Å². The molecule has 0 aliphatic rings. The molecule has 2 rings (SSSR count). The van der Waals surface area contributed by atoms with E-state index in [2.05, 4.69) is 0 Å². The first kappa shape index (κ1) is 12.6. The molecule has 1 aromatic heterocycles. The summed E-state index contributed by atoms with van der Waals surface area (Å²) in [6.45, 7) is 0.464. The molecule has 1 heterocycles. The summed E-state index contributed by atoms with van der Waals surface area (Å²) in [7, 11) is 1.65. The predicted octanol–water partition coefficient (Wildman–Crippen LogP) is 2.74. The molecule has 2 N–H and O–H groups in total. The van der Waals surface area contributed by atoms with Crippen molar-refractivity contribution in [2.75, 3.05) is 12.8 Å². The van der Waals surface area contributed by atoms with E-state index in [0.717, 1.165) is 11.6 Å². The van der Waals surface area contributed by atoms with Crippen LogP contribution < -0.4 is 5.73 Å². The standard InChI is InChI=1S/C13H13FN2OS/c1-16(7-9-4-5-18-8-9)13(17)11-3-2-10(15)6-12(11)14/h2-6,8H,7,15H2,1H3. The van der Waals surface area contributed by atoms with Crippen LogP contribution in [0.2, 0.25) is 0 Å².